The zero-order valence-corrected chi connectivity index (χ0v) is 5.77. The van der Waals surface area contributed by atoms with E-state index in [1.165, 1.54) is 18.4 Å². The van der Waals surface area contributed by atoms with Crippen molar-refractivity contribution in [1.29, 1.82) is 0 Å². The Morgan fingerprint density at radius 3 is 2.67 bits per heavy atom. The van der Waals surface area contributed by atoms with Crippen LogP contribution in [0, 0.1) is 5.92 Å². The minimum Gasteiger partial charge on any atom is -0.396 e. The lowest BCUT2D eigenvalue weighted by molar-refractivity contribution is 0.297. The third kappa shape index (κ3) is 2.66. The van der Waals surface area contributed by atoms with E-state index in [4.69, 9.17) is 5.11 Å². The zero-order chi connectivity index (χ0) is 6.69. The van der Waals surface area contributed by atoms with Crippen LogP contribution in [0.25, 0.3) is 0 Å². The molecule has 0 aromatic carbocycles. The summed E-state index contributed by atoms with van der Waals surface area (Å²) in [5.41, 5.74) is 1.22. The first kappa shape index (κ1) is 6.81. The van der Waals surface area contributed by atoms with E-state index in [0.29, 0.717) is 0 Å². The molecule has 0 aromatic heterocycles. The molecule has 9 heavy (non-hydrogen) atoms. The quantitative estimate of drug-likeness (QED) is 0.569. The van der Waals surface area contributed by atoms with E-state index in [2.05, 4.69) is 6.58 Å². The van der Waals surface area contributed by atoms with E-state index in [0.717, 1.165) is 18.8 Å². The van der Waals surface area contributed by atoms with Crippen LogP contribution in [0.15, 0.2) is 12.2 Å². The summed E-state index contributed by atoms with van der Waals surface area (Å²) in [5.74, 6) is 0.920. The van der Waals surface area contributed by atoms with E-state index in [1.807, 2.05) is 0 Å². The Balaban J connectivity index is 2.02. The Labute approximate surface area is 56.4 Å². The van der Waals surface area contributed by atoms with Crippen molar-refractivity contribution in [1.82, 2.24) is 0 Å². The highest BCUT2D eigenvalue weighted by atomic mass is 16.2. The van der Waals surface area contributed by atoms with E-state index in [1.54, 1.807) is 0 Å². The molecule has 1 heteroatoms. The molecule has 0 spiro atoms. The van der Waals surface area contributed by atoms with Gasteiger partial charge in [-0.15, -0.1) is 0 Å². The van der Waals surface area contributed by atoms with Gasteiger partial charge in [0.05, 0.1) is 0 Å². The summed E-state index contributed by atoms with van der Waals surface area (Å²) < 4.78 is 0. The van der Waals surface area contributed by atoms with Gasteiger partial charge >= 0.3 is 0 Å². The number of hydrogen-bond acceptors (Lipinski definition) is 1. The third-order valence-electron chi connectivity index (χ3n) is 1.74. The fourth-order valence-corrected chi connectivity index (χ4v) is 0.990. The minimum absolute atomic E-state index is 0.269. The summed E-state index contributed by atoms with van der Waals surface area (Å²) >= 11 is 0. The zero-order valence-electron chi connectivity index (χ0n) is 5.77. The molecule has 1 aliphatic carbocycles. The van der Waals surface area contributed by atoms with Crippen LogP contribution in [-0.2, 0) is 0 Å². The van der Waals surface area contributed by atoms with Gasteiger partial charge in [-0.05, 0) is 31.6 Å². The van der Waals surface area contributed by atoms with E-state index < -0.39 is 0 Å². The summed E-state index contributed by atoms with van der Waals surface area (Å²) in [4.78, 5) is 0. The topological polar surface area (TPSA) is 20.2 Å². The van der Waals surface area contributed by atoms with Crippen molar-refractivity contribution in [3.05, 3.63) is 12.2 Å². The molecule has 1 aliphatic rings. The van der Waals surface area contributed by atoms with Gasteiger partial charge in [-0.3, -0.25) is 0 Å². The molecule has 1 rings (SSSR count). The molecule has 0 amide bonds. The molecule has 0 bridgehead atoms. The highest BCUT2D eigenvalue weighted by molar-refractivity contribution is 4.98. The minimum atomic E-state index is 0.269. The summed E-state index contributed by atoms with van der Waals surface area (Å²) in [6, 6.07) is 0. The van der Waals surface area contributed by atoms with Crippen LogP contribution in [0.2, 0.25) is 0 Å². The first-order chi connectivity index (χ1) is 4.33. The SMILES string of the molecule is C=C(CCO)CC1CC1. The predicted molar refractivity (Wildman–Crippen MR) is 38.2 cm³/mol. The molecule has 1 fully saturated rings. The van der Waals surface area contributed by atoms with Crippen LogP contribution < -0.4 is 0 Å². The maximum atomic E-state index is 8.51. The predicted octanol–water partition coefficient (Wildman–Crippen LogP) is 1.73. The fourth-order valence-electron chi connectivity index (χ4n) is 0.990. The van der Waals surface area contributed by atoms with Gasteiger partial charge in [0.25, 0.3) is 0 Å². The number of aliphatic hydroxyl groups is 1. The lowest BCUT2D eigenvalue weighted by Crippen LogP contribution is -1.87. The molecule has 1 nitrogen and oxygen atoms in total. The number of hydrogen-bond donors (Lipinski definition) is 1. The van der Waals surface area contributed by atoms with Gasteiger partial charge in [0.15, 0.2) is 0 Å². The van der Waals surface area contributed by atoms with E-state index in [-0.39, 0.29) is 6.61 Å². The van der Waals surface area contributed by atoms with Crippen LogP contribution >= 0.6 is 0 Å². The summed E-state index contributed by atoms with van der Waals surface area (Å²) in [7, 11) is 0. The Bertz CT molecular complexity index is 103. The lowest BCUT2D eigenvalue weighted by Gasteiger charge is -1.99. The molecule has 0 heterocycles. The Hall–Kier alpha value is -0.300. The second-order valence-corrected chi connectivity index (χ2v) is 2.87. The van der Waals surface area contributed by atoms with Crippen molar-refractivity contribution in [2.75, 3.05) is 6.61 Å². The van der Waals surface area contributed by atoms with Gasteiger partial charge in [0.2, 0.25) is 0 Å². The molecule has 0 radical (unpaired) electrons. The largest absolute Gasteiger partial charge is 0.396 e. The molecular formula is C8H14O. The summed E-state index contributed by atoms with van der Waals surface area (Å²) in [6.07, 6.45) is 4.71. The highest BCUT2D eigenvalue weighted by Gasteiger charge is 2.21. The molecule has 0 atom stereocenters. The molecule has 0 unspecified atom stereocenters. The third-order valence-corrected chi connectivity index (χ3v) is 1.74. The van der Waals surface area contributed by atoms with Crippen molar-refractivity contribution < 1.29 is 5.11 Å². The van der Waals surface area contributed by atoms with Crippen LogP contribution in [0.3, 0.4) is 0 Å². The van der Waals surface area contributed by atoms with Crippen LogP contribution in [0.5, 0.6) is 0 Å². The van der Waals surface area contributed by atoms with E-state index in [9.17, 15) is 0 Å². The first-order valence-electron chi connectivity index (χ1n) is 3.60. The van der Waals surface area contributed by atoms with Crippen molar-refractivity contribution in [3.8, 4) is 0 Å². The van der Waals surface area contributed by atoms with Gasteiger partial charge < -0.3 is 5.11 Å². The van der Waals surface area contributed by atoms with Gasteiger partial charge in [0, 0.05) is 6.61 Å². The Kier molecular flexibility index (Phi) is 2.29. The maximum absolute atomic E-state index is 8.51. The second-order valence-electron chi connectivity index (χ2n) is 2.87. The van der Waals surface area contributed by atoms with Crippen molar-refractivity contribution in [2.24, 2.45) is 5.92 Å². The maximum Gasteiger partial charge on any atom is 0.0468 e. The first-order valence-corrected chi connectivity index (χ1v) is 3.60. The van der Waals surface area contributed by atoms with Gasteiger partial charge in [-0.25, -0.2) is 0 Å². The van der Waals surface area contributed by atoms with E-state index >= 15 is 0 Å². The molecule has 1 saturated carbocycles. The average molecular weight is 126 g/mol. The highest BCUT2D eigenvalue weighted by Crippen LogP contribution is 2.35. The Morgan fingerprint density at radius 2 is 2.22 bits per heavy atom. The second kappa shape index (κ2) is 3.02. The normalized spacial score (nSPS) is 17.9. The summed E-state index contributed by atoms with van der Waals surface area (Å²) in [5, 5.41) is 8.51. The molecule has 52 valence electrons. The Morgan fingerprint density at radius 1 is 1.56 bits per heavy atom. The van der Waals surface area contributed by atoms with Crippen LogP contribution in [0.1, 0.15) is 25.7 Å². The number of aliphatic hydroxyl groups excluding tert-OH is 1. The average Bonchev–Trinajstić information content (AvgIpc) is 2.50. The molecule has 0 aliphatic heterocycles. The van der Waals surface area contributed by atoms with Crippen molar-refractivity contribution >= 4 is 0 Å². The van der Waals surface area contributed by atoms with Crippen molar-refractivity contribution in [2.45, 2.75) is 25.7 Å². The molecule has 1 N–H and O–H groups in total. The lowest BCUT2D eigenvalue weighted by atomic mass is 10.1. The summed E-state index contributed by atoms with van der Waals surface area (Å²) in [6.45, 7) is 4.13. The van der Waals surface area contributed by atoms with Gasteiger partial charge in [-0.1, -0.05) is 12.2 Å². The standard InChI is InChI=1S/C8H14O/c1-7(4-5-9)6-8-2-3-8/h8-9H,1-6H2. The smallest absolute Gasteiger partial charge is 0.0468 e. The molecule has 0 saturated heterocycles. The van der Waals surface area contributed by atoms with Crippen LogP contribution in [0.4, 0.5) is 0 Å². The van der Waals surface area contributed by atoms with Gasteiger partial charge in [0.1, 0.15) is 0 Å². The molecule has 0 aromatic rings. The number of rotatable bonds is 4. The van der Waals surface area contributed by atoms with Gasteiger partial charge in [-0.2, -0.15) is 0 Å². The molecular weight excluding hydrogens is 112 g/mol. The van der Waals surface area contributed by atoms with Crippen LogP contribution in [-0.4, -0.2) is 11.7 Å². The van der Waals surface area contributed by atoms with Crippen molar-refractivity contribution in [3.63, 3.8) is 0 Å². The monoisotopic (exact) mass is 126 g/mol. The fraction of sp³-hybridized carbons (Fsp3) is 0.750.